The van der Waals surface area contributed by atoms with E-state index in [0.29, 0.717) is 19.4 Å². The predicted molar refractivity (Wildman–Crippen MR) is 92.8 cm³/mol. The maximum atomic E-state index is 12.7. The number of nitrogens with one attached hydrogen (secondary N) is 1. The van der Waals surface area contributed by atoms with Gasteiger partial charge in [0.15, 0.2) is 5.78 Å². The van der Waals surface area contributed by atoms with Gasteiger partial charge in [-0.2, -0.15) is 0 Å². The van der Waals surface area contributed by atoms with Crippen LogP contribution < -0.4 is 10.1 Å². The summed E-state index contributed by atoms with van der Waals surface area (Å²) in [4.78, 5) is 24.9. The number of Topliss-reactive ketones (excluding diaryl/α,β-unsaturated/α-hetero) is 1. The van der Waals surface area contributed by atoms with Crippen molar-refractivity contribution in [2.75, 3.05) is 6.61 Å². The highest BCUT2D eigenvalue weighted by atomic mass is 16.5. The van der Waals surface area contributed by atoms with Crippen LogP contribution in [-0.2, 0) is 9.59 Å². The van der Waals surface area contributed by atoms with Gasteiger partial charge in [-0.3, -0.25) is 9.59 Å². The van der Waals surface area contributed by atoms with Crippen molar-refractivity contribution in [3.8, 4) is 5.75 Å². The van der Waals surface area contributed by atoms with E-state index in [9.17, 15) is 9.59 Å². The topological polar surface area (TPSA) is 55.4 Å². The van der Waals surface area contributed by atoms with Gasteiger partial charge in [-0.25, -0.2) is 0 Å². The molecule has 0 fully saturated rings. The third-order valence-corrected chi connectivity index (χ3v) is 4.70. The van der Waals surface area contributed by atoms with Gasteiger partial charge in [-0.1, -0.05) is 32.9 Å². The first-order chi connectivity index (χ1) is 11.4. The summed E-state index contributed by atoms with van der Waals surface area (Å²) in [6.45, 7) is 6.90. The molecule has 0 saturated heterocycles. The van der Waals surface area contributed by atoms with E-state index in [2.05, 4.69) is 26.1 Å². The van der Waals surface area contributed by atoms with E-state index in [1.54, 1.807) is 0 Å². The quantitative estimate of drug-likeness (QED) is 0.917. The molecule has 1 unspecified atom stereocenters. The normalized spacial score (nSPS) is 22.9. The van der Waals surface area contributed by atoms with Crippen LogP contribution in [0.25, 0.3) is 0 Å². The van der Waals surface area contributed by atoms with E-state index in [0.717, 1.165) is 35.4 Å². The molecule has 128 valence electrons. The smallest absolute Gasteiger partial charge is 0.225 e. The number of carbonyl (C=O) groups is 2. The molecular weight excluding hydrogens is 302 g/mol. The van der Waals surface area contributed by atoms with E-state index < -0.39 is 0 Å². The van der Waals surface area contributed by atoms with Gasteiger partial charge in [0.2, 0.25) is 5.91 Å². The zero-order valence-electron chi connectivity index (χ0n) is 14.6. The minimum atomic E-state index is -0.141. The van der Waals surface area contributed by atoms with E-state index in [4.69, 9.17) is 4.74 Å². The molecule has 1 amide bonds. The Morgan fingerprint density at radius 1 is 1.17 bits per heavy atom. The second kappa shape index (κ2) is 6.42. The number of rotatable bonds is 4. The van der Waals surface area contributed by atoms with Gasteiger partial charge in [0.25, 0.3) is 0 Å². The summed E-state index contributed by atoms with van der Waals surface area (Å²) in [7, 11) is 0. The van der Waals surface area contributed by atoms with Crippen molar-refractivity contribution in [3.05, 3.63) is 41.1 Å². The van der Waals surface area contributed by atoms with Gasteiger partial charge in [-0.05, 0) is 36.0 Å². The highest BCUT2D eigenvalue weighted by Crippen LogP contribution is 2.44. The van der Waals surface area contributed by atoms with E-state index in [1.807, 2.05) is 24.3 Å². The first kappa shape index (κ1) is 16.7. The number of hydrogen-bond acceptors (Lipinski definition) is 3. The van der Waals surface area contributed by atoms with Crippen molar-refractivity contribution in [1.82, 2.24) is 5.32 Å². The molecule has 0 saturated carbocycles. The Kier molecular flexibility index (Phi) is 4.48. The third-order valence-electron chi connectivity index (χ3n) is 4.70. The lowest BCUT2D eigenvalue weighted by molar-refractivity contribution is -0.122. The molecule has 0 aromatic heterocycles. The molecule has 2 aliphatic rings. The van der Waals surface area contributed by atoms with Crippen LogP contribution >= 0.6 is 0 Å². The molecule has 24 heavy (non-hydrogen) atoms. The summed E-state index contributed by atoms with van der Waals surface area (Å²) in [5.74, 6) is 0.844. The highest BCUT2D eigenvalue weighted by Gasteiger charge is 2.40. The molecule has 4 heteroatoms. The van der Waals surface area contributed by atoms with Gasteiger partial charge in [-0.15, -0.1) is 0 Å². The SMILES string of the molecule is CCCOc1ccc(C2CC(=O)NC3=C2C(=O)CC(C)(C)C3)cc1. The Balaban J connectivity index is 1.91. The van der Waals surface area contributed by atoms with Crippen LogP contribution in [0.5, 0.6) is 5.75 Å². The van der Waals surface area contributed by atoms with Crippen molar-refractivity contribution >= 4 is 11.7 Å². The minimum Gasteiger partial charge on any atom is -0.494 e. The average Bonchev–Trinajstić information content (AvgIpc) is 2.51. The van der Waals surface area contributed by atoms with E-state index in [1.165, 1.54) is 0 Å². The van der Waals surface area contributed by atoms with Crippen LogP contribution in [0.3, 0.4) is 0 Å². The Labute approximate surface area is 143 Å². The molecule has 0 spiro atoms. The van der Waals surface area contributed by atoms with Crippen molar-refractivity contribution < 1.29 is 14.3 Å². The number of benzene rings is 1. The third kappa shape index (κ3) is 3.37. The number of ether oxygens (including phenoxy) is 1. The monoisotopic (exact) mass is 327 g/mol. The maximum Gasteiger partial charge on any atom is 0.225 e. The van der Waals surface area contributed by atoms with E-state index >= 15 is 0 Å². The van der Waals surface area contributed by atoms with Crippen molar-refractivity contribution in [3.63, 3.8) is 0 Å². The molecule has 0 radical (unpaired) electrons. The van der Waals surface area contributed by atoms with E-state index in [-0.39, 0.29) is 23.0 Å². The predicted octanol–water partition coefficient (Wildman–Crippen LogP) is 3.72. The Morgan fingerprint density at radius 2 is 1.88 bits per heavy atom. The standard InChI is InChI=1S/C20H25NO3/c1-4-9-24-14-7-5-13(6-8-14)15-10-18(23)21-16-11-20(2,3)12-17(22)19(15)16/h5-8,15H,4,9-12H2,1-3H3,(H,21,23). The molecule has 4 nitrogen and oxygen atoms in total. The fraction of sp³-hybridized carbons (Fsp3) is 0.500. The Morgan fingerprint density at radius 3 is 2.54 bits per heavy atom. The fourth-order valence-electron chi connectivity index (χ4n) is 3.66. The lowest BCUT2D eigenvalue weighted by Gasteiger charge is -2.37. The van der Waals surface area contributed by atoms with Crippen LogP contribution in [-0.4, -0.2) is 18.3 Å². The highest BCUT2D eigenvalue weighted by molar-refractivity contribution is 6.02. The van der Waals surface area contributed by atoms with Crippen LogP contribution in [0.1, 0.15) is 57.9 Å². The summed E-state index contributed by atoms with van der Waals surface area (Å²) in [6, 6.07) is 7.81. The fourth-order valence-corrected chi connectivity index (χ4v) is 3.66. The molecule has 3 rings (SSSR count). The Hall–Kier alpha value is -2.10. The van der Waals surface area contributed by atoms with Crippen LogP contribution in [0.4, 0.5) is 0 Å². The number of carbonyl (C=O) groups excluding carboxylic acids is 2. The second-order valence-corrected chi connectivity index (χ2v) is 7.56. The number of amides is 1. The first-order valence-electron chi connectivity index (χ1n) is 8.68. The molecule has 1 aliphatic heterocycles. The van der Waals surface area contributed by atoms with Gasteiger partial charge >= 0.3 is 0 Å². The summed E-state index contributed by atoms with van der Waals surface area (Å²) >= 11 is 0. The lowest BCUT2D eigenvalue weighted by atomic mass is 9.70. The zero-order valence-corrected chi connectivity index (χ0v) is 14.6. The average molecular weight is 327 g/mol. The molecule has 1 aromatic rings. The molecule has 1 aliphatic carbocycles. The molecule has 1 N–H and O–H groups in total. The summed E-state index contributed by atoms with van der Waals surface area (Å²) in [6.07, 6.45) is 2.58. The van der Waals surface area contributed by atoms with Gasteiger partial charge in [0.05, 0.1) is 6.61 Å². The van der Waals surface area contributed by atoms with Gasteiger partial charge in [0.1, 0.15) is 5.75 Å². The van der Waals surface area contributed by atoms with Crippen LogP contribution in [0, 0.1) is 5.41 Å². The van der Waals surface area contributed by atoms with Crippen molar-refractivity contribution in [1.29, 1.82) is 0 Å². The van der Waals surface area contributed by atoms with Gasteiger partial charge in [0, 0.05) is 30.0 Å². The van der Waals surface area contributed by atoms with Crippen molar-refractivity contribution in [2.24, 2.45) is 5.41 Å². The maximum absolute atomic E-state index is 12.7. The Bertz CT molecular complexity index is 685. The molecule has 1 atom stereocenters. The first-order valence-corrected chi connectivity index (χ1v) is 8.68. The number of hydrogen-bond donors (Lipinski definition) is 1. The number of allylic oxidation sites excluding steroid dienone is 2. The van der Waals surface area contributed by atoms with Crippen LogP contribution in [0.15, 0.2) is 35.5 Å². The summed E-state index contributed by atoms with van der Waals surface area (Å²) in [5.41, 5.74) is 2.54. The zero-order chi connectivity index (χ0) is 17.3. The summed E-state index contributed by atoms with van der Waals surface area (Å²) in [5, 5.41) is 2.94. The lowest BCUT2D eigenvalue weighted by Crippen LogP contribution is -2.40. The summed E-state index contributed by atoms with van der Waals surface area (Å²) < 4.78 is 5.62. The molecule has 1 heterocycles. The largest absolute Gasteiger partial charge is 0.494 e. The minimum absolute atomic E-state index is 0.00411. The van der Waals surface area contributed by atoms with Gasteiger partial charge < -0.3 is 10.1 Å². The molecular formula is C20H25NO3. The van der Waals surface area contributed by atoms with Crippen LogP contribution in [0.2, 0.25) is 0 Å². The van der Waals surface area contributed by atoms with Crippen molar-refractivity contribution in [2.45, 2.75) is 52.4 Å². The molecule has 0 bridgehead atoms. The molecule has 1 aromatic carbocycles. The number of ketones is 1. The second-order valence-electron chi connectivity index (χ2n) is 7.56.